The summed E-state index contributed by atoms with van der Waals surface area (Å²) in [6, 6.07) is 0.663. The van der Waals surface area contributed by atoms with E-state index >= 15 is 0 Å². The highest BCUT2D eigenvalue weighted by atomic mass is 16.2. The Morgan fingerprint density at radius 2 is 1.29 bits per heavy atom. The molecule has 3 rings (SSSR count). The van der Waals surface area contributed by atoms with E-state index in [4.69, 9.17) is 0 Å². The molecular formula is C19H33N3O2. The molecular weight excluding hydrogens is 302 g/mol. The van der Waals surface area contributed by atoms with Crippen LogP contribution in [0.1, 0.15) is 45.4 Å². The predicted molar refractivity (Wildman–Crippen MR) is 94.8 cm³/mol. The fourth-order valence-electron chi connectivity index (χ4n) is 4.64. The molecule has 1 aliphatic carbocycles. The molecule has 0 aromatic heterocycles. The van der Waals surface area contributed by atoms with Gasteiger partial charge < -0.3 is 9.80 Å². The van der Waals surface area contributed by atoms with E-state index in [1.54, 1.807) is 6.92 Å². The van der Waals surface area contributed by atoms with Crippen LogP contribution in [0.3, 0.4) is 0 Å². The molecule has 5 nitrogen and oxygen atoms in total. The molecule has 0 atom stereocenters. The highest BCUT2D eigenvalue weighted by molar-refractivity contribution is 5.81. The van der Waals surface area contributed by atoms with Gasteiger partial charge in [0.15, 0.2) is 0 Å². The summed E-state index contributed by atoms with van der Waals surface area (Å²) >= 11 is 0. The molecule has 0 unspecified atom stereocenters. The Bertz CT molecular complexity index is 444. The summed E-state index contributed by atoms with van der Waals surface area (Å²) in [7, 11) is 2.19. The average Bonchev–Trinajstić information content (AvgIpc) is 2.62. The minimum atomic E-state index is 0.167. The second-order valence-electron chi connectivity index (χ2n) is 8.05. The van der Waals surface area contributed by atoms with Gasteiger partial charge in [0, 0.05) is 57.1 Å². The normalized spacial score (nSPS) is 31.2. The third-order valence-corrected chi connectivity index (χ3v) is 6.48. The van der Waals surface area contributed by atoms with Crippen LogP contribution in [0, 0.1) is 11.8 Å². The summed E-state index contributed by atoms with van der Waals surface area (Å²) in [5.41, 5.74) is 0. The standard InChI is InChI=1S/C19H33N3O2/c1-15(23)16-3-5-17(6-4-16)19(24)22-9-7-18(8-10-22)21-13-11-20(2)12-14-21/h16-18H,3-14H2,1-2H3. The molecule has 0 bridgehead atoms. The number of ketones is 1. The smallest absolute Gasteiger partial charge is 0.225 e. The van der Waals surface area contributed by atoms with Gasteiger partial charge in [-0.25, -0.2) is 0 Å². The van der Waals surface area contributed by atoms with Crippen molar-refractivity contribution in [2.75, 3.05) is 46.3 Å². The maximum absolute atomic E-state index is 12.8. The van der Waals surface area contributed by atoms with E-state index in [2.05, 4.69) is 21.7 Å². The number of likely N-dealkylation sites (tertiary alicyclic amines) is 1. The number of piperidine rings is 1. The highest BCUT2D eigenvalue weighted by Gasteiger charge is 2.33. The van der Waals surface area contributed by atoms with Gasteiger partial charge in [-0.05, 0) is 52.5 Å². The first kappa shape index (κ1) is 17.9. The van der Waals surface area contributed by atoms with Crippen molar-refractivity contribution in [2.45, 2.75) is 51.5 Å². The predicted octanol–water partition coefficient (Wildman–Crippen LogP) is 1.62. The Kier molecular flexibility index (Phi) is 5.93. The topological polar surface area (TPSA) is 43.9 Å². The molecule has 3 fully saturated rings. The van der Waals surface area contributed by atoms with Gasteiger partial charge in [-0.2, -0.15) is 0 Å². The van der Waals surface area contributed by atoms with E-state index in [1.165, 1.54) is 26.2 Å². The molecule has 2 heterocycles. The Morgan fingerprint density at radius 1 is 0.750 bits per heavy atom. The quantitative estimate of drug-likeness (QED) is 0.786. The maximum atomic E-state index is 12.8. The number of amides is 1. The van der Waals surface area contributed by atoms with Gasteiger partial charge in [0.1, 0.15) is 5.78 Å². The van der Waals surface area contributed by atoms with Crippen molar-refractivity contribution in [1.82, 2.24) is 14.7 Å². The van der Waals surface area contributed by atoms with Gasteiger partial charge in [-0.1, -0.05) is 0 Å². The number of hydrogen-bond donors (Lipinski definition) is 0. The molecule has 5 heteroatoms. The van der Waals surface area contributed by atoms with Crippen molar-refractivity contribution in [3.63, 3.8) is 0 Å². The van der Waals surface area contributed by atoms with Crippen LogP contribution in [0.5, 0.6) is 0 Å². The second-order valence-corrected chi connectivity index (χ2v) is 8.05. The number of nitrogens with zero attached hydrogens (tertiary/aromatic N) is 3. The first-order valence-electron chi connectivity index (χ1n) is 9.76. The molecule has 2 saturated heterocycles. The van der Waals surface area contributed by atoms with E-state index in [0.717, 1.165) is 51.6 Å². The zero-order valence-corrected chi connectivity index (χ0v) is 15.4. The molecule has 0 N–H and O–H groups in total. The summed E-state index contributed by atoms with van der Waals surface area (Å²) in [5.74, 6) is 1.03. The highest BCUT2D eigenvalue weighted by Crippen LogP contribution is 2.31. The lowest BCUT2D eigenvalue weighted by Gasteiger charge is -2.43. The zero-order valence-electron chi connectivity index (χ0n) is 15.4. The number of hydrogen-bond acceptors (Lipinski definition) is 4. The number of rotatable bonds is 3. The molecule has 3 aliphatic rings. The van der Waals surface area contributed by atoms with Gasteiger partial charge in [0.25, 0.3) is 0 Å². The van der Waals surface area contributed by atoms with E-state index < -0.39 is 0 Å². The van der Waals surface area contributed by atoms with Crippen LogP contribution >= 0.6 is 0 Å². The fourth-order valence-corrected chi connectivity index (χ4v) is 4.64. The van der Waals surface area contributed by atoms with Crippen LogP contribution in [-0.4, -0.2) is 78.7 Å². The monoisotopic (exact) mass is 335 g/mol. The second kappa shape index (κ2) is 7.96. The summed E-state index contributed by atoms with van der Waals surface area (Å²) in [6.07, 6.45) is 5.87. The molecule has 0 aromatic rings. The lowest BCUT2D eigenvalue weighted by atomic mass is 9.79. The lowest BCUT2D eigenvalue weighted by molar-refractivity contribution is -0.139. The minimum Gasteiger partial charge on any atom is -0.342 e. The van der Waals surface area contributed by atoms with E-state index in [1.807, 2.05) is 0 Å². The third-order valence-electron chi connectivity index (χ3n) is 6.48. The number of likely N-dealkylation sites (N-methyl/N-ethyl adjacent to an activating group) is 1. The third kappa shape index (κ3) is 4.17. The number of Topliss-reactive ketones (excluding diaryl/α,β-unsaturated/α-hetero) is 1. The van der Waals surface area contributed by atoms with Gasteiger partial charge in [-0.3, -0.25) is 14.5 Å². The minimum absolute atomic E-state index is 0.167. The van der Waals surface area contributed by atoms with Gasteiger partial charge in [0.2, 0.25) is 5.91 Å². The van der Waals surface area contributed by atoms with Crippen molar-refractivity contribution in [3.05, 3.63) is 0 Å². The Hall–Kier alpha value is -0.940. The van der Waals surface area contributed by atoms with Crippen LogP contribution in [0.15, 0.2) is 0 Å². The molecule has 0 aromatic carbocycles. The number of carbonyl (C=O) groups excluding carboxylic acids is 2. The molecule has 136 valence electrons. The molecule has 1 amide bonds. The lowest BCUT2D eigenvalue weighted by Crippen LogP contribution is -2.53. The SMILES string of the molecule is CC(=O)C1CCC(C(=O)N2CCC(N3CCN(C)CC3)CC2)CC1. The molecule has 2 aliphatic heterocycles. The van der Waals surface area contributed by atoms with Crippen LogP contribution in [0.4, 0.5) is 0 Å². The zero-order chi connectivity index (χ0) is 17.1. The average molecular weight is 335 g/mol. The van der Waals surface area contributed by atoms with Crippen LogP contribution in [0.2, 0.25) is 0 Å². The summed E-state index contributed by atoms with van der Waals surface area (Å²) < 4.78 is 0. The Balaban J connectivity index is 1.43. The van der Waals surface area contributed by atoms with Crippen molar-refractivity contribution < 1.29 is 9.59 Å². The van der Waals surface area contributed by atoms with Crippen molar-refractivity contribution in [3.8, 4) is 0 Å². The summed E-state index contributed by atoms with van der Waals surface area (Å²) in [4.78, 5) is 31.4. The maximum Gasteiger partial charge on any atom is 0.225 e. The Morgan fingerprint density at radius 3 is 1.83 bits per heavy atom. The first-order chi connectivity index (χ1) is 11.5. The number of piperazine rings is 1. The first-order valence-corrected chi connectivity index (χ1v) is 9.76. The number of carbonyl (C=O) groups is 2. The van der Waals surface area contributed by atoms with Crippen molar-refractivity contribution in [2.24, 2.45) is 11.8 Å². The van der Waals surface area contributed by atoms with Crippen LogP contribution in [0.25, 0.3) is 0 Å². The van der Waals surface area contributed by atoms with Crippen LogP contribution < -0.4 is 0 Å². The fraction of sp³-hybridized carbons (Fsp3) is 0.895. The largest absolute Gasteiger partial charge is 0.342 e. The summed E-state index contributed by atoms with van der Waals surface area (Å²) in [5, 5.41) is 0. The van der Waals surface area contributed by atoms with E-state index in [-0.39, 0.29) is 11.8 Å². The van der Waals surface area contributed by atoms with Gasteiger partial charge in [-0.15, -0.1) is 0 Å². The van der Waals surface area contributed by atoms with Gasteiger partial charge >= 0.3 is 0 Å². The van der Waals surface area contributed by atoms with Gasteiger partial charge in [0.05, 0.1) is 0 Å². The Labute approximate surface area is 146 Å². The molecule has 1 saturated carbocycles. The molecule has 0 radical (unpaired) electrons. The summed E-state index contributed by atoms with van der Waals surface area (Å²) in [6.45, 7) is 8.20. The van der Waals surface area contributed by atoms with Crippen molar-refractivity contribution in [1.29, 1.82) is 0 Å². The molecule has 0 spiro atoms. The van der Waals surface area contributed by atoms with E-state index in [0.29, 0.717) is 17.7 Å². The van der Waals surface area contributed by atoms with Crippen molar-refractivity contribution >= 4 is 11.7 Å². The van der Waals surface area contributed by atoms with Crippen LogP contribution in [-0.2, 0) is 9.59 Å². The van der Waals surface area contributed by atoms with E-state index in [9.17, 15) is 9.59 Å². The molecule has 24 heavy (non-hydrogen) atoms.